The number of ether oxygens (including phenoxy) is 1. The van der Waals surface area contributed by atoms with Gasteiger partial charge in [-0.2, -0.15) is 5.26 Å². The van der Waals surface area contributed by atoms with Crippen LogP contribution in [0.25, 0.3) is 0 Å². The van der Waals surface area contributed by atoms with Gasteiger partial charge in [0.2, 0.25) is 0 Å². The van der Waals surface area contributed by atoms with E-state index in [2.05, 4.69) is 15.9 Å². The van der Waals surface area contributed by atoms with Crippen LogP contribution in [0.2, 0.25) is 5.02 Å². The zero-order valence-electron chi connectivity index (χ0n) is 20.1. The summed E-state index contributed by atoms with van der Waals surface area (Å²) in [4.78, 5) is 4.41. The Morgan fingerprint density at radius 3 is 2.47 bits per heavy atom. The van der Waals surface area contributed by atoms with Crippen molar-refractivity contribution in [2.75, 3.05) is 44.3 Å². The second kappa shape index (κ2) is 11.3. The molecule has 0 aliphatic carbocycles. The fourth-order valence-corrected chi connectivity index (χ4v) is 4.93. The summed E-state index contributed by atoms with van der Waals surface area (Å²) in [5, 5.41) is 30.0. The first-order chi connectivity index (χ1) is 17.3. The van der Waals surface area contributed by atoms with Crippen molar-refractivity contribution in [2.45, 2.75) is 18.6 Å². The van der Waals surface area contributed by atoms with Crippen LogP contribution in [0.5, 0.6) is 5.75 Å². The Kier molecular flexibility index (Phi) is 8.12. The van der Waals surface area contributed by atoms with Gasteiger partial charge in [0.1, 0.15) is 18.2 Å². The SMILES string of the molecule is C[C@@](O)(CN1CCN(c2ccc(OCCO)cc2Cl)[C@H](c2ccc(C#N)cc2)C1)c1ccc(F)cc1. The maximum absolute atomic E-state index is 13.4. The minimum absolute atomic E-state index is 0.0796. The number of anilines is 1. The van der Waals surface area contributed by atoms with Crippen molar-refractivity contribution in [1.29, 1.82) is 5.26 Å². The molecule has 1 fully saturated rings. The molecule has 1 heterocycles. The Morgan fingerprint density at radius 2 is 1.83 bits per heavy atom. The quantitative estimate of drug-likeness (QED) is 0.465. The second-order valence-electron chi connectivity index (χ2n) is 9.14. The van der Waals surface area contributed by atoms with Crippen LogP contribution in [0.3, 0.4) is 0 Å². The molecule has 1 aliphatic heterocycles. The topological polar surface area (TPSA) is 80.0 Å². The van der Waals surface area contributed by atoms with Crippen molar-refractivity contribution in [3.8, 4) is 11.8 Å². The number of β-amino-alcohol motifs (C(OH)–C–C–N with tert-alkyl or cyclic N) is 1. The number of hydrogen-bond acceptors (Lipinski definition) is 6. The number of piperazine rings is 1. The highest BCUT2D eigenvalue weighted by molar-refractivity contribution is 6.33. The van der Waals surface area contributed by atoms with Gasteiger partial charge < -0.3 is 19.8 Å². The van der Waals surface area contributed by atoms with E-state index in [-0.39, 0.29) is 25.1 Å². The van der Waals surface area contributed by atoms with Crippen LogP contribution in [0, 0.1) is 17.1 Å². The van der Waals surface area contributed by atoms with Crippen LogP contribution in [0.1, 0.15) is 29.7 Å². The van der Waals surface area contributed by atoms with Gasteiger partial charge in [0.25, 0.3) is 0 Å². The minimum atomic E-state index is -1.16. The predicted molar refractivity (Wildman–Crippen MR) is 138 cm³/mol. The summed E-state index contributed by atoms with van der Waals surface area (Å²) < 4.78 is 18.9. The van der Waals surface area contributed by atoms with E-state index in [0.29, 0.717) is 48.1 Å². The highest BCUT2D eigenvalue weighted by Gasteiger charge is 2.34. The van der Waals surface area contributed by atoms with E-state index in [1.807, 2.05) is 24.3 Å². The van der Waals surface area contributed by atoms with Crippen molar-refractivity contribution in [3.63, 3.8) is 0 Å². The average Bonchev–Trinajstić information content (AvgIpc) is 2.88. The summed E-state index contributed by atoms with van der Waals surface area (Å²) in [7, 11) is 0. The summed E-state index contributed by atoms with van der Waals surface area (Å²) in [6.45, 7) is 4.18. The monoisotopic (exact) mass is 509 g/mol. The zero-order valence-corrected chi connectivity index (χ0v) is 20.8. The molecular formula is C28H29ClFN3O3. The van der Waals surface area contributed by atoms with Gasteiger partial charge in [-0.25, -0.2) is 4.39 Å². The first kappa shape index (κ1) is 25.9. The molecule has 0 radical (unpaired) electrons. The van der Waals surface area contributed by atoms with E-state index in [1.54, 1.807) is 37.3 Å². The molecule has 0 amide bonds. The van der Waals surface area contributed by atoms with E-state index in [0.717, 1.165) is 11.3 Å². The minimum Gasteiger partial charge on any atom is -0.491 e. The van der Waals surface area contributed by atoms with Crippen LogP contribution in [0.15, 0.2) is 66.7 Å². The lowest BCUT2D eigenvalue weighted by Crippen LogP contribution is -2.52. The van der Waals surface area contributed by atoms with Crippen LogP contribution >= 0.6 is 11.6 Å². The lowest BCUT2D eigenvalue weighted by molar-refractivity contribution is 0.0102. The van der Waals surface area contributed by atoms with Crippen molar-refractivity contribution in [2.24, 2.45) is 0 Å². The largest absolute Gasteiger partial charge is 0.491 e. The molecule has 1 aliphatic rings. The van der Waals surface area contributed by atoms with Gasteiger partial charge in [-0.15, -0.1) is 0 Å². The van der Waals surface area contributed by atoms with E-state index in [9.17, 15) is 14.8 Å². The number of nitrogens with zero attached hydrogens (tertiary/aromatic N) is 3. The summed E-state index contributed by atoms with van der Waals surface area (Å²) in [6.07, 6.45) is 0. The van der Waals surface area contributed by atoms with Crippen molar-refractivity contribution in [1.82, 2.24) is 4.90 Å². The van der Waals surface area contributed by atoms with Crippen molar-refractivity contribution < 1.29 is 19.3 Å². The molecule has 0 saturated carbocycles. The number of aliphatic hydroxyl groups is 2. The Bertz CT molecular complexity index is 1210. The number of benzene rings is 3. The molecule has 0 aromatic heterocycles. The smallest absolute Gasteiger partial charge is 0.123 e. The van der Waals surface area contributed by atoms with Gasteiger partial charge >= 0.3 is 0 Å². The third kappa shape index (κ3) is 5.97. The molecule has 8 heteroatoms. The van der Waals surface area contributed by atoms with E-state index in [1.165, 1.54) is 12.1 Å². The highest BCUT2D eigenvalue weighted by Crippen LogP contribution is 2.38. The first-order valence-electron chi connectivity index (χ1n) is 11.8. The number of hydrogen-bond donors (Lipinski definition) is 2. The van der Waals surface area contributed by atoms with E-state index < -0.39 is 5.60 Å². The molecular weight excluding hydrogens is 481 g/mol. The summed E-state index contributed by atoms with van der Waals surface area (Å²) in [5.41, 5.74) is 1.96. The number of aliphatic hydroxyl groups excluding tert-OH is 1. The molecule has 36 heavy (non-hydrogen) atoms. The van der Waals surface area contributed by atoms with Crippen molar-refractivity contribution >= 4 is 17.3 Å². The molecule has 2 atom stereocenters. The molecule has 188 valence electrons. The predicted octanol–water partition coefficient (Wildman–Crippen LogP) is 4.49. The number of rotatable bonds is 8. The number of nitriles is 1. The van der Waals surface area contributed by atoms with Crippen LogP contribution in [-0.4, -0.2) is 54.5 Å². The van der Waals surface area contributed by atoms with Crippen LogP contribution in [0.4, 0.5) is 10.1 Å². The van der Waals surface area contributed by atoms with Gasteiger partial charge in [-0.1, -0.05) is 35.9 Å². The maximum atomic E-state index is 13.4. The normalized spacial score (nSPS) is 17.9. The van der Waals surface area contributed by atoms with Gasteiger partial charge in [-0.3, -0.25) is 4.90 Å². The van der Waals surface area contributed by atoms with Crippen LogP contribution in [-0.2, 0) is 5.60 Å². The molecule has 3 aromatic carbocycles. The summed E-state index contributed by atoms with van der Waals surface area (Å²) in [6, 6.07) is 21.0. The van der Waals surface area contributed by atoms with Gasteiger partial charge in [-0.05, 0) is 54.4 Å². The van der Waals surface area contributed by atoms with E-state index in [4.69, 9.17) is 21.4 Å². The molecule has 0 spiro atoms. The third-order valence-electron chi connectivity index (χ3n) is 6.48. The molecule has 1 saturated heterocycles. The van der Waals surface area contributed by atoms with Gasteiger partial charge in [0.15, 0.2) is 0 Å². The summed E-state index contributed by atoms with van der Waals surface area (Å²) in [5.74, 6) is 0.246. The first-order valence-corrected chi connectivity index (χ1v) is 12.2. The third-order valence-corrected chi connectivity index (χ3v) is 6.78. The van der Waals surface area contributed by atoms with Crippen molar-refractivity contribution in [3.05, 3.63) is 94.3 Å². The fraction of sp³-hybridized carbons (Fsp3) is 0.321. The van der Waals surface area contributed by atoms with Gasteiger partial charge in [0, 0.05) is 32.2 Å². The Hall–Kier alpha value is -3.15. The zero-order chi connectivity index (χ0) is 25.7. The number of halogens is 2. The molecule has 0 bridgehead atoms. The summed E-state index contributed by atoms with van der Waals surface area (Å²) >= 11 is 6.67. The average molecular weight is 510 g/mol. The molecule has 2 N–H and O–H groups in total. The Labute approximate surface area is 215 Å². The standard InChI is InChI=1S/C28H29ClFN3O3/c1-28(35,22-6-8-23(30)9-7-22)19-32-12-13-33(26-11-10-24(16-25(26)29)36-15-14-34)27(18-32)21-4-2-20(17-31)3-5-21/h2-11,16,27,34-35H,12-15,18-19H2,1H3/t27-,28+/m0/s1. The Morgan fingerprint density at radius 1 is 1.11 bits per heavy atom. The fourth-order valence-electron chi connectivity index (χ4n) is 4.65. The molecule has 6 nitrogen and oxygen atoms in total. The lowest BCUT2D eigenvalue weighted by Gasteiger charge is -2.45. The second-order valence-corrected chi connectivity index (χ2v) is 9.55. The highest BCUT2D eigenvalue weighted by atomic mass is 35.5. The van der Waals surface area contributed by atoms with E-state index >= 15 is 0 Å². The molecule has 3 aromatic rings. The lowest BCUT2D eigenvalue weighted by atomic mass is 9.93. The molecule has 0 unspecified atom stereocenters. The Balaban J connectivity index is 1.60. The maximum Gasteiger partial charge on any atom is 0.123 e. The van der Waals surface area contributed by atoms with Gasteiger partial charge in [0.05, 0.1) is 40.6 Å². The molecule has 4 rings (SSSR count). The van der Waals surface area contributed by atoms with Crippen LogP contribution < -0.4 is 9.64 Å².